The maximum Gasteiger partial charge on any atom is 0.255 e. The van der Waals surface area contributed by atoms with Crippen molar-refractivity contribution in [3.05, 3.63) is 62.4 Å². The molecule has 4 nitrogen and oxygen atoms in total. The third kappa shape index (κ3) is 3.63. The summed E-state index contributed by atoms with van der Waals surface area (Å²) < 4.78 is 0.966. The molecule has 0 fully saturated rings. The molecule has 1 amide bonds. The second kappa shape index (κ2) is 6.82. The predicted molar refractivity (Wildman–Crippen MR) is 101 cm³/mol. The average molecular weight is 408 g/mol. The van der Waals surface area contributed by atoms with Gasteiger partial charge in [0.15, 0.2) is 5.11 Å². The van der Waals surface area contributed by atoms with Gasteiger partial charge in [-0.1, -0.05) is 22.0 Å². The van der Waals surface area contributed by atoms with Gasteiger partial charge in [-0.05, 0) is 54.9 Å². The van der Waals surface area contributed by atoms with E-state index in [-0.39, 0.29) is 11.9 Å². The van der Waals surface area contributed by atoms with Crippen LogP contribution in [0.25, 0.3) is 0 Å². The van der Waals surface area contributed by atoms with Crippen molar-refractivity contribution in [2.24, 2.45) is 0 Å². The lowest BCUT2D eigenvalue weighted by Gasteiger charge is -2.29. The lowest BCUT2D eigenvalue weighted by molar-refractivity contribution is -0.113. The lowest BCUT2D eigenvalue weighted by Crippen LogP contribution is -2.45. The molecule has 0 saturated heterocycles. The van der Waals surface area contributed by atoms with E-state index < -0.39 is 0 Å². The van der Waals surface area contributed by atoms with Crippen LogP contribution < -0.4 is 16.0 Å². The fourth-order valence-electron chi connectivity index (χ4n) is 2.40. The summed E-state index contributed by atoms with van der Waals surface area (Å²) in [5.74, 6) is -0.147. The predicted octanol–water partition coefficient (Wildman–Crippen LogP) is 3.94. The fourth-order valence-corrected chi connectivity index (χ4v) is 3.71. The first kappa shape index (κ1) is 16.2. The fraction of sp³-hybridized carbons (Fsp3) is 0.125. The summed E-state index contributed by atoms with van der Waals surface area (Å²) in [5.41, 5.74) is 2.15. The zero-order valence-electron chi connectivity index (χ0n) is 12.2. The van der Waals surface area contributed by atoms with Gasteiger partial charge in [-0.25, -0.2) is 0 Å². The highest BCUT2D eigenvalue weighted by Crippen LogP contribution is 2.30. The number of halogens is 1. The number of thiocarbonyl (C=S) groups is 1. The van der Waals surface area contributed by atoms with E-state index in [4.69, 9.17) is 12.2 Å². The van der Waals surface area contributed by atoms with Crippen molar-refractivity contribution in [1.29, 1.82) is 0 Å². The minimum atomic E-state index is -0.237. The Balaban J connectivity index is 1.90. The minimum Gasteiger partial charge on any atom is -0.350 e. The molecular weight excluding hydrogens is 394 g/mol. The van der Waals surface area contributed by atoms with Crippen molar-refractivity contribution in [1.82, 2.24) is 10.6 Å². The van der Waals surface area contributed by atoms with Gasteiger partial charge in [0, 0.05) is 20.7 Å². The maximum atomic E-state index is 12.8. The number of carbonyl (C=O) groups is 1. The molecule has 0 radical (unpaired) electrons. The molecule has 0 saturated carbocycles. The Hall–Kier alpha value is -1.70. The molecule has 3 N–H and O–H groups in total. The number of anilines is 1. The van der Waals surface area contributed by atoms with Gasteiger partial charge in [-0.3, -0.25) is 4.79 Å². The first-order valence-corrected chi connectivity index (χ1v) is 9.01. The summed E-state index contributed by atoms with van der Waals surface area (Å²) in [6.45, 7) is 1.87. The van der Waals surface area contributed by atoms with Crippen LogP contribution in [0.3, 0.4) is 0 Å². The summed E-state index contributed by atoms with van der Waals surface area (Å²) in [4.78, 5) is 13.8. The third-order valence-electron chi connectivity index (χ3n) is 3.44. The van der Waals surface area contributed by atoms with E-state index in [2.05, 4.69) is 31.9 Å². The van der Waals surface area contributed by atoms with Crippen LogP contribution in [0, 0.1) is 0 Å². The number of amides is 1. The molecular formula is C16H14BrN3OS2. The summed E-state index contributed by atoms with van der Waals surface area (Å²) in [6, 6.07) is 11.2. The molecule has 2 heterocycles. The van der Waals surface area contributed by atoms with Crippen LogP contribution in [0.15, 0.2) is 57.5 Å². The van der Waals surface area contributed by atoms with Crippen LogP contribution in [-0.4, -0.2) is 11.0 Å². The van der Waals surface area contributed by atoms with Gasteiger partial charge in [0.2, 0.25) is 0 Å². The molecule has 7 heteroatoms. The summed E-state index contributed by atoms with van der Waals surface area (Å²) >= 11 is 10.2. The second-order valence-corrected chi connectivity index (χ2v) is 7.35. The Kier molecular flexibility index (Phi) is 4.79. The van der Waals surface area contributed by atoms with Gasteiger partial charge in [0.1, 0.15) is 0 Å². The molecule has 1 aliphatic heterocycles. The van der Waals surface area contributed by atoms with E-state index >= 15 is 0 Å². The first-order chi connectivity index (χ1) is 11.0. The molecule has 23 heavy (non-hydrogen) atoms. The van der Waals surface area contributed by atoms with E-state index in [1.165, 1.54) is 0 Å². The largest absolute Gasteiger partial charge is 0.350 e. The van der Waals surface area contributed by atoms with E-state index in [0.717, 1.165) is 20.7 Å². The van der Waals surface area contributed by atoms with Crippen LogP contribution in [0.1, 0.15) is 17.8 Å². The van der Waals surface area contributed by atoms with Gasteiger partial charge in [0.05, 0.1) is 11.6 Å². The number of thiophene rings is 1. The zero-order valence-corrected chi connectivity index (χ0v) is 15.4. The van der Waals surface area contributed by atoms with Crippen molar-refractivity contribution >= 4 is 56.2 Å². The Bertz CT molecular complexity index is 769. The number of benzene rings is 1. The molecule has 118 valence electrons. The number of carbonyl (C=O) groups excluding carboxylic acids is 1. The summed E-state index contributed by atoms with van der Waals surface area (Å²) in [6.07, 6.45) is 0. The molecule has 0 unspecified atom stereocenters. The molecule has 0 spiro atoms. The van der Waals surface area contributed by atoms with E-state index in [1.807, 2.05) is 48.7 Å². The molecule has 0 bridgehead atoms. The molecule has 2 aromatic rings. The highest BCUT2D eigenvalue weighted by molar-refractivity contribution is 9.10. The van der Waals surface area contributed by atoms with Crippen molar-refractivity contribution < 1.29 is 4.79 Å². The standard InChI is InChI=1S/C16H14BrN3OS2/c1-9-13(15(21)19-11-6-4-10(17)5-7-11)14(20-16(22)18-9)12-3-2-8-23-12/h2-8,14H,1H3,(H,19,21)(H2,18,20,22)/t14-/m1/s1. The van der Waals surface area contributed by atoms with Crippen LogP contribution in [0.4, 0.5) is 5.69 Å². The highest BCUT2D eigenvalue weighted by atomic mass is 79.9. The van der Waals surface area contributed by atoms with E-state index in [9.17, 15) is 4.79 Å². The normalized spacial score (nSPS) is 17.5. The Morgan fingerprint density at radius 2 is 2.04 bits per heavy atom. The van der Waals surface area contributed by atoms with Crippen molar-refractivity contribution in [3.8, 4) is 0 Å². The van der Waals surface area contributed by atoms with Crippen molar-refractivity contribution in [2.75, 3.05) is 5.32 Å². The molecule has 3 rings (SSSR count). The van der Waals surface area contributed by atoms with Crippen LogP contribution in [-0.2, 0) is 4.79 Å². The van der Waals surface area contributed by atoms with Gasteiger partial charge in [-0.15, -0.1) is 11.3 Å². The van der Waals surface area contributed by atoms with Gasteiger partial charge in [0.25, 0.3) is 5.91 Å². The van der Waals surface area contributed by atoms with Crippen molar-refractivity contribution in [3.63, 3.8) is 0 Å². The zero-order chi connectivity index (χ0) is 16.4. The minimum absolute atomic E-state index is 0.147. The highest BCUT2D eigenvalue weighted by Gasteiger charge is 2.30. The Morgan fingerprint density at radius 1 is 1.30 bits per heavy atom. The first-order valence-electron chi connectivity index (χ1n) is 6.93. The monoisotopic (exact) mass is 407 g/mol. The molecule has 1 aromatic carbocycles. The summed E-state index contributed by atoms with van der Waals surface area (Å²) in [5, 5.41) is 11.7. The molecule has 0 aliphatic carbocycles. The topological polar surface area (TPSA) is 53.2 Å². The number of allylic oxidation sites excluding steroid dienone is 1. The smallest absolute Gasteiger partial charge is 0.255 e. The second-order valence-electron chi connectivity index (χ2n) is 5.05. The van der Waals surface area contributed by atoms with Gasteiger partial charge < -0.3 is 16.0 Å². The summed E-state index contributed by atoms with van der Waals surface area (Å²) in [7, 11) is 0. The number of hydrogen-bond acceptors (Lipinski definition) is 3. The van der Waals surface area contributed by atoms with Crippen LogP contribution in [0.5, 0.6) is 0 Å². The van der Waals surface area contributed by atoms with Gasteiger partial charge >= 0.3 is 0 Å². The van der Waals surface area contributed by atoms with E-state index in [1.54, 1.807) is 11.3 Å². The van der Waals surface area contributed by atoms with Crippen LogP contribution >= 0.6 is 39.5 Å². The Morgan fingerprint density at radius 3 is 2.70 bits per heavy atom. The van der Waals surface area contributed by atoms with Gasteiger partial charge in [-0.2, -0.15) is 0 Å². The number of rotatable bonds is 3. The SMILES string of the molecule is CC1=C(C(=O)Nc2ccc(Br)cc2)[C@@H](c2cccs2)NC(=S)N1. The van der Waals surface area contributed by atoms with Crippen molar-refractivity contribution in [2.45, 2.75) is 13.0 Å². The molecule has 1 aromatic heterocycles. The van der Waals surface area contributed by atoms with Crippen LogP contribution in [0.2, 0.25) is 0 Å². The Labute approximate surface area is 152 Å². The number of hydrogen-bond donors (Lipinski definition) is 3. The maximum absolute atomic E-state index is 12.8. The molecule has 1 aliphatic rings. The quantitative estimate of drug-likeness (QED) is 0.674. The average Bonchev–Trinajstić information content (AvgIpc) is 3.03. The number of nitrogens with one attached hydrogen (secondary N) is 3. The lowest BCUT2D eigenvalue weighted by atomic mass is 10.0. The third-order valence-corrected chi connectivity index (χ3v) is 5.13. The molecule has 1 atom stereocenters. The van der Waals surface area contributed by atoms with E-state index in [0.29, 0.717) is 10.7 Å².